The third-order valence-corrected chi connectivity index (χ3v) is 4.26. The lowest BCUT2D eigenvalue weighted by Gasteiger charge is -2.13. The van der Waals surface area contributed by atoms with E-state index in [1.165, 1.54) is 0 Å². The molecular weight excluding hydrogens is 242 g/mol. The Labute approximate surface area is 102 Å². The van der Waals surface area contributed by atoms with Crippen molar-refractivity contribution in [2.24, 2.45) is 0 Å². The average molecular weight is 261 g/mol. The van der Waals surface area contributed by atoms with Crippen molar-refractivity contribution in [3.05, 3.63) is 12.2 Å². The molecule has 0 fully saturated rings. The minimum absolute atomic E-state index is 0.171. The molecule has 2 N–H and O–H groups in total. The molecule has 0 aliphatic heterocycles. The van der Waals surface area contributed by atoms with E-state index in [2.05, 4.69) is 20.2 Å². The molecule has 7 nitrogen and oxygen atoms in total. The minimum atomic E-state index is -3.32. The molecule has 0 aromatic carbocycles. The first-order valence-corrected chi connectivity index (χ1v) is 7.05. The molecule has 1 aromatic rings. The molecule has 1 heterocycles. The van der Waals surface area contributed by atoms with E-state index in [4.69, 9.17) is 0 Å². The molecule has 0 radical (unpaired) electrons. The summed E-state index contributed by atoms with van der Waals surface area (Å²) in [7, 11) is -1.60. The van der Waals surface area contributed by atoms with Crippen LogP contribution in [0, 0.1) is 0 Å². The van der Waals surface area contributed by atoms with E-state index in [1.807, 2.05) is 6.92 Å². The van der Waals surface area contributed by atoms with Crippen LogP contribution in [0.25, 0.3) is 0 Å². The van der Waals surface area contributed by atoms with Crippen LogP contribution in [0.4, 0.5) is 0 Å². The number of hydrogen-bond donors (Lipinski definition) is 2. The monoisotopic (exact) mass is 261 g/mol. The smallest absolute Gasteiger partial charge is 0.215 e. The van der Waals surface area contributed by atoms with Crippen LogP contribution in [0.2, 0.25) is 0 Å². The maximum atomic E-state index is 11.8. The Balaban J connectivity index is 2.61. The van der Waals surface area contributed by atoms with Gasteiger partial charge in [0.05, 0.1) is 11.8 Å². The fraction of sp³-hybridized carbons (Fsp3) is 0.778. The van der Waals surface area contributed by atoms with Crippen molar-refractivity contribution in [3.8, 4) is 0 Å². The second-order valence-corrected chi connectivity index (χ2v) is 5.95. The predicted octanol–water partition coefficient (Wildman–Crippen LogP) is -0.675. The maximum Gasteiger partial charge on any atom is 0.215 e. The van der Waals surface area contributed by atoms with Crippen LogP contribution in [-0.2, 0) is 23.1 Å². The minimum Gasteiger partial charge on any atom is -0.318 e. The summed E-state index contributed by atoms with van der Waals surface area (Å²) in [6, 6.07) is 0. The predicted molar refractivity (Wildman–Crippen MR) is 64.8 cm³/mol. The zero-order chi connectivity index (χ0) is 12.9. The van der Waals surface area contributed by atoms with Crippen LogP contribution >= 0.6 is 0 Å². The summed E-state index contributed by atoms with van der Waals surface area (Å²) >= 11 is 0. The van der Waals surface area contributed by atoms with Crippen LogP contribution in [-0.4, -0.2) is 42.0 Å². The van der Waals surface area contributed by atoms with E-state index in [9.17, 15) is 8.42 Å². The number of sulfonamides is 1. The van der Waals surface area contributed by atoms with Gasteiger partial charge in [0, 0.05) is 13.1 Å². The van der Waals surface area contributed by atoms with E-state index in [1.54, 1.807) is 24.9 Å². The molecule has 0 aliphatic carbocycles. The highest BCUT2D eigenvalue weighted by Crippen LogP contribution is 2.00. The number of nitrogens with one attached hydrogen (secondary N) is 2. The van der Waals surface area contributed by atoms with Gasteiger partial charge < -0.3 is 9.88 Å². The van der Waals surface area contributed by atoms with E-state index in [0.29, 0.717) is 12.4 Å². The highest BCUT2D eigenvalue weighted by atomic mass is 32.2. The van der Waals surface area contributed by atoms with Crippen molar-refractivity contribution in [2.75, 3.05) is 13.6 Å². The molecule has 98 valence electrons. The molecule has 0 saturated heterocycles. The van der Waals surface area contributed by atoms with Crippen LogP contribution in [0.5, 0.6) is 0 Å². The molecule has 0 bridgehead atoms. The average Bonchev–Trinajstić information content (AvgIpc) is 2.74. The van der Waals surface area contributed by atoms with Gasteiger partial charge in [0.15, 0.2) is 0 Å². The van der Waals surface area contributed by atoms with Crippen LogP contribution in [0.3, 0.4) is 0 Å². The van der Waals surface area contributed by atoms with E-state index >= 15 is 0 Å². The number of aromatic nitrogens is 3. The summed E-state index contributed by atoms with van der Waals surface area (Å²) in [6.45, 7) is 4.91. The third-order valence-electron chi connectivity index (χ3n) is 2.49. The quantitative estimate of drug-likeness (QED) is 0.679. The largest absolute Gasteiger partial charge is 0.318 e. The van der Waals surface area contributed by atoms with Gasteiger partial charge in [-0.3, -0.25) is 0 Å². The highest BCUT2D eigenvalue weighted by Gasteiger charge is 2.20. The van der Waals surface area contributed by atoms with E-state index in [0.717, 1.165) is 6.54 Å². The summed E-state index contributed by atoms with van der Waals surface area (Å²) in [6.07, 6.45) is 1.58. The number of hydrogen-bond acceptors (Lipinski definition) is 5. The Bertz CT molecular complexity index is 442. The molecule has 0 amide bonds. The van der Waals surface area contributed by atoms with Gasteiger partial charge in [-0.2, -0.15) is 0 Å². The number of rotatable bonds is 7. The molecule has 1 atom stereocenters. The van der Waals surface area contributed by atoms with Crippen molar-refractivity contribution in [1.29, 1.82) is 0 Å². The van der Waals surface area contributed by atoms with Gasteiger partial charge in [0.2, 0.25) is 10.0 Å². The van der Waals surface area contributed by atoms with Crippen molar-refractivity contribution >= 4 is 10.0 Å². The van der Waals surface area contributed by atoms with Gasteiger partial charge >= 0.3 is 0 Å². The Hall–Kier alpha value is -0.990. The first-order chi connectivity index (χ1) is 8.01. The second-order valence-electron chi connectivity index (χ2n) is 3.77. The summed E-state index contributed by atoms with van der Waals surface area (Å²) in [4.78, 5) is 0. The van der Waals surface area contributed by atoms with Gasteiger partial charge in [0.1, 0.15) is 12.2 Å². The van der Waals surface area contributed by atoms with Gasteiger partial charge in [-0.25, -0.2) is 13.1 Å². The molecule has 0 aliphatic rings. The Morgan fingerprint density at radius 1 is 1.53 bits per heavy atom. The first kappa shape index (κ1) is 14.1. The van der Waals surface area contributed by atoms with E-state index < -0.39 is 15.3 Å². The molecular formula is C9H19N5O2S. The maximum absolute atomic E-state index is 11.8. The fourth-order valence-electron chi connectivity index (χ4n) is 1.38. The van der Waals surface area contributed by atoms with Crippen molar-refractivity contribution in [1.82, 2.24) is 24.8 Å². The lowest BCUT2D eigenvalue weighted by Crippen LogP contribution is -2.38. The van der Waals surface area contributed by atoms with Gasteiger partial charge in [-0.15, -0.1) is 10.2 Å². The Morgan fingerprint density at radius 2 is 2.24 bits per heavy atom. The Kier molecular flexibility index (Phi) is 5.03. The normalized spacial score (nSPS) is 13.8. The molecule has 17 heavy (non-hydrogen) atoms. The zero-order valence-electron chi connectivity index (χ0n) is 10.3. The van der Waals surface area contributed by atoms with E-state index in [-0.39, 0.29) is 6.54 Å². The first-order valence-electron chi connectivity index (χ1n) is 5.51. The molecule has 1 rings (SSSR count). The highest BCUT2D eigenvalue weighted by molar-refractivity contribution is 7.90. The SMILES string of the molecule is CCn1cnnc1CNS(=O)(=O)C(C)CNC. The number of aryl methyl sites for hydroxylation is 1. The van der Waals surface area contributed by atoms with Crippen LogP contribution < -0.4 is 10.0 Å². The Morgan fingerprint density at radius 3 is 2.82 bits per heavy atom. The third kappa shape index (κ3) is 3.76. The molecule has 8 heteroatoms. The van der Waals surface area contributed by atoms with Crippen LogP contribution in [0.1, 0.15) is 19.7 Å². The molecule has 0 saturated carbocycles. The zero-order valence-corrected chi connectivity index (χ0v) is 11.2. The molecule has 1 aromatic heterocycles. The van der Waals surface area contributed by atoms with Gasteiger partial charge in [-0.1, -0.05) is 0 Å². The van der Waals surface area contributed by atoms with Gasteiger partial charge in [0.25, 0.3) is 0 Å². The lowest BCUT2D eigenvalue weighted by atomic mass is 10.5. The second kappa shape index (κ2) is 6.08. The number of nitrogens with zero attached hydrogens (tertiary/aromatic N) is 3. The summed E-state index contributed by atoms with van der Waals surface area (Å²) in [5, 5.41) is 9.96. The topological polar surface area (TPSA) is 88.9 Å². The summed E-state index contributed by atoms with van der Waals surface area (Å²) < 4.78 is 27.9. The molecule has 0 spiro atoms. The van der Waals surface area contributed by atoms with Crippen molar-refractivity contribution in [3.63, 3.8) is 0 Å². The lowest BCUT2D eigenvalue weighted by molar-refractivity contribution is 0.558. The van der Waals surface area contributed by atoms with Crippen LogP contribution in [0.15, 0.2) is 6.33 Å². The van der Waals surface area contributed by atoms with Gasteiger partial charge in [-0.05, 0) is 20.9 Å². The molecule has 1 unspecified atom stereocenters. The summed E-state index contributed by atoms with van der Waals surface area (Å²) in [5.41, 5.74) is 0. The summed E-state index contributed by atoms with van der Waals surface area (Å²) in [5.74, 6) is 0.618. The fourth-order valence-corrected chi connectivity index (χ4v) is 2.39. The van der Waals surface area contributed by atoms with Crippen molar-refractivity contribution in [2.45, 2.75) is 32.2 Å². The standard InChI is InChI=1S/C9H19N5O2S/c1-4-14-7-11-13-9(14)6-12-17(15,16)8(2)5-10-3/h7-8,10,12H,4-6H2,1-3H3. The van der Waals surface area contributed by atoms with Crippen molar-refractivity contribution < 1.29 is 8.42 Å².